The summed E-state index contributed by atoms with van der Waals surface area (Å²) in [6.45, 7) is 6.06. The van der Waals surface area contributed by atoms with E-state index in [4.69, 9.17) is 4.74 Å². The molecule has 1 rings (SSSR count). The number of para-hydroxylation sites is 2. The second-order valence-electron chi connectivity index (χ2n) is 4.76. The molecule has 0 unspecified atom stereocenters. The first kappa shape index (κ1) is 16.0. The van der Waals surface area contributed by atoms with Crippen LogP contribution in [0.5, 0.6) is 5.75 Å². The SMILES string of the molecule is CCN(CC(=O)Nc1ccccc1OC)C(=O)C(C)C. The molecule has 0 aliphatic heterocycles. The first-order valence-corrected chi connectivity index (χ1v) is 6.71. The van der Waals surface area contributed by atoms with E-state index < -0.39 is 0 Å². The van der Waals surface area contributed by atoms with Crippen molar-refractivity contribution in [2.75, 3.05) is 25.5 Å². The van der Waals surface area contributed by atoms with Gasteiger partial charge in [-0.15, -0.1) is 0 Å². The lowest BCUT2D eigenvalue weighted by Gasteiger charge is -2.22. The molecule has 0 fully saturated rings. The fraction of sp³-hybridized carbons (Fsp3) is 0.467. The van der Waals surface area contributed by atoms with Gasteiger partial charge in [0.25, 0.3) is 0 Å². The second-order valence-corrected chi connectivity index (χ2v) is 4.76. The molecule has 2 amide bonds. The summed E-state index contributed by atoms with van der Waals surface area (Å²) in [5, 5.41) is 2.76. The lowest BCUT2D eigenvalue weighted by atomic mass is 10.2. The molecular formula is C15H22N2O3. The predicted octanol–water partition coefficient (Wildman–Crippen LogP) is 2.14. The lowest BCUT2D eigenvalue weighted by molar-refractivity contribution is -0.137. The zero-order valence-electron chi connectivity index (χ0n) is 12.5. The van der Waals surface area contributed by atoms with Crippen molar-refractivity contribution in [3.05, 3.63) is 24.3 Å². The number of hydrogen-bond acceptors (Lipinski definition) is 3. The molecule has 5 nitrogen and oxygen atoms in total. The standard InChI is InChI=1S/C15H22N2O3/c1-5-17(15(19)11(2)3)10-14(18)16-12-8-6-7-9-13(12)20-4/h6-9,11H,5,10H2,1-4H3,(H,16,18). The molecule has 5 heteroatoms. The van der Waals surface area contributed by atoms with Crippen LogP contribution in [-0.4, -0.2) is 36.9 Å². The number of nitrogens with zero attached hydrogens (tertiary/aromatic N) is 1. The van der Waals surface area contributed by atoms with E-state index in [1.54, 1.807) is 19.2 Å². The Hall–Kier alpha value is -2.04. The third kappa shape index (κ3) is 4.26. The Kier molecular flexibility index (Phi) is 6.03. The van der Waals surface area contributed by atoms with E-state index in [1.165, 1.54) is 4.90 Å². The molecule has 1 aromatic rings. The molecule has 110 valence electrons. The van der Waals surface area contributed by atoms with Gasteiger partial charge in [-0.3, -0.25) is 9.59 Å². The molecule has 0 saturated heterocycles. The van der Waals surface area contributed by atoms with Gasteiger partial charge < -0.3 is 15.0 Å². The molecule has 20 heavy (non-hydrogen) atoms. The summed E-state index contributed by atoms with van der Waals surface area (Å²) in [6.07, 6.45) is 0. The number of nitrogens with one attached hydrogen (secondary N) is 1. The molecule has 0 aliphatic rings. The monoisotopic (exact) mass is 278 g/mol. The maximum Gasteiger partial charge on any atom is 0.244 e. The Morgan fingerprint density at radius 3 is 2.50 bits per heavy atom. The minimum atomic E-state index is -0.231. The summed E-state index contributed by atoms with van der Waals surface area (Å²) in [6, 6.07) is 7.17. The van der Waals surface area contributed by atoms with Crippen LogP contribution in [0.15, 0.2) is 24.3 Å². The van der Waals surface area contributed by atoms with E-state index in [0.717, 1.165) is 0 Å². The third-order valence-corrected chi connectivity index (χ3v) is 2.90. The van der Waals surface area contributed by atoms with Crippen molar-refractivity contribution in [3.8, 4) is 5.75 Å². The van der Waals surface area contributed by atoms with Crippen LogP contribution < -0.4 is 10.1 Å². The highest BCUT2D eigenvalue weighted by Gasteiger charge is 2.18. The van der Waals surface area contributed by atoms with Crippen LogP contribution in [-0.2, 0) is 9.59 Å². The Morgan fingerprint density at radius 1 is 1.30 bits per heavy atom. The Labute approximate surface area is 119 Å². The normalized spacial score (nSPS) is 10.2. The van der Waals surface area contributed by atoms with E-state index >= 15 is 0 Å². The summed E-state index contributed by atoms with van der Waals surface area (Å²) in [5.41, 5.74) is 0.605. The Morgan fingerprint density at radius 2 is 1.95 bits per heavy atom. The maximum absolute atomic E-state index is 12.0. The summed E-state index contributed by atoms with van der Waals surface area (Å²) in [5.74, 6) is 0.223. The van der Waals surface area contributed by atoms with E-state index in [0.29, 0.717) is 18.0 Å². The van der Waals surface area contributed by atoms with Crippen molar-refractivity contribution >= 4 is 17.5 Å². The molecule has 0 aliphatic carbocycles. The highest BCUT2D eigenvalue weighted by atomic mass is 16.5. The average molecular weight is 278 g/mol. The van der Waals surface area contributed by atoms with E-state index in [2.05, 4.69) is 5.32 Å². The molecule has 1 aromatic carbocycles. The van der Waals surface area contributed by atoms with E-state index in [1.807, 2.05) is 32.9 Å². The largest absolute Gasteiger partial charge is 0.495 e. The third-order valence-electron chi connectivity index (χ3n) is 2.90. The van der Waals surface area contributed by atoms with Gasteiger partial charge in [-0.2, -0.15) is 0 Å². The molecule has 0 bridgehead atoms. The van der Waals surface area contributed by atoms with Crippen LogP contribution in [0.1, 0.15) is 20.8 Å². The Bertz CT molecular complexity index is 472. The van der Waals surface area contributed by atoms with Gasteiger partial charge in [-0.05, 0) is 19.1 Å². The predicted molar refractivity (Wildman–Crippen MR) is 78.7 cm³/mol. The number of amides is 2. The first-order valence-electron chi connectivity index (χ1n) is 6.71. The van der Waals surface area contributed by atoms with Gasteiger partial charge in [0.1, 0.15) is 5.75 Å². The summed E-state index contributed by atoms with van der Waals surface area (Å²) < 4.78 is 5.17. The quantitative estimate of drug-likeness (QED) is 0.867. The molecule has 0 heterocycles. The number of carbonyl (C=O) groups excluding carboxylic acids is 2. The van der Waals surface area contributed by atoms with Crippen LogP contribution in [0, 0.1) is 5.92 Å². The molecule has 0 radical (unpaired) electrons. The fourth-order valence-corrected chi connectivity index (χ4v) is 1.82. The van der Waals surface area contributed by atoms with Crippen LogP contribution >= 0.6 is 0 Å². The van der Waals surface area contributed by atoms with Gasteiger partial charge in [0.05, 0.1) is 19.3 Å². The molecule has 0 saturated carbocycles. The molecular weight excluding hydrogens is 256 g/mol. The smallest absolute Gasteiger partial charge is 0.244 e. The van der Waals surface area contributed by atoms with Crippen molar-refractivity contribution in [2.45, 2.75) is 20.8 Å². The van der Waals surface area contributed by atoms with Crippen LogP contribution in [0.2, 0.25) is 0 Å². The number of rotatable bonds is 6. The maximum atomic E-state index is 12.0. The van der Waals surface area contributed by atoms with E-state index in [-0.39, 0.29) is 24.3 Å². The van der Waals surface area contributed by atoms with E-state index in [9.17, 15) is 9.59 Å². The van der Waals surface area contributed by atoms with Crippen LogP contribution in [0.3, 0.4) is 0 Å². The van der Waals surface area contributed by atoms with Gasteiger partial charge in [-0.25, -0.2) is 0 Å². The van der Waals surface area contributed by atoms with Crippen LogP contribution in [0.25, 0.3) is 0 Å². The number of hydrogen-bond donors (Lipinski definition) is 1. The van der Waals surface area contributed by atoms with Crippen molar-refractivity contribution < 1.29 is 14.3 Å². The highest BCUT2D eigenvalue weighted by molar-refractivity contribution is 5.95. The number of ether oxygens (including phenoxy) is 1. The number of likely N-dealkylation sites (N-methyl/N-ethyl adjacent to an activating group) is 1. The summed E-state index contributed by atoms with van der Waals surface area (Å²) in [7, 11) is 1.55. The fourth-order valence-electron chi connectivity index (χ4n) is 1.82. The van der Waals surface area contributed by atoms with Crippen molar-refractivity contribution in [3.63, 3.8) is 0 Å². The minimum Gasteiger partial charge on any atom is -0.495 e. The van der Waals surface area contributed by atoms with Crippen molar-refractivity contribution in [2.24, 2.45) is 5.92 Å². The van der Waals surface area contributed by atoms with Crippen molar-refractivity contribution in [1.29, 1.82) is 0 Å². The van der Waals surface area contributed by atoms with Crippen molar-refractivity contribution in [1.82, 2.24) is 4.90 Å². The first-order chi connectivity index (χ1) is 9.49. The summed E-state index contributed by atoms with van der Waals surface area (Å²) in [4.78, 5) is 25.5. The van der Waals surface area contributed by atoms with Gasteiger partial charge >= 0.3 is 0 Å². The molecule has 0 aromatic heterocycles. The molecule has 0 atom stereocenters. The average Bonchev–Trinajstić information content (AvgIpc) is 2.44. The number of benzene rings is 1. The Balaban J connectivity index is 2.69. The molecule has 0 spiro atoms. The van der Waals surface area contributed by atoms with Gasteiger partial charge in [0, 0.05) is 12.5 Å². The van der Waals surface area contributed by atoms with Gasteiger partial charge in [-0.1, -0.05) is 26.0 Å². The number of carbonyl (C=O) groups is 2. The lowest BCUT2D eigenvalue weighted by Crippen LogP contribution is -2.40. The topological polar surface area (TPSA) is 58.6 Å². The minimum absolute atomic E-state index is 0.0253. The zero-order chi connectivity index (χ0) is 15.1. The van der Waals surface area contributed by atoms with Gasteiger partial charge in [0.2, 0.25) is 11.8 Å². The van der Waals surface area contributed by atoms with Gasteiger partial charge in [0.15, 0.2) is 0 Å². The zero-order valence-corrected chi connectivity index (χ0v) is 12.5. The van der Waals surface area contributed by atoms with Crippen LogP contribution in [0.4, 0.5) is 5.69 Å². The highest BCUT2D eigenvalue weighted by Crippen LogP contribution is 2.22. The number of methoxy groups -OCH3 is 1. The second kappa shape index (κ2) is 7.53. The molecule has 1 N–H and O–H groups in total. The summed E-state index contributed by atoms with van der Waals surface area (Å²) >= 11 is 0. The number of anilines is 1.